The molecule has 0 bridgehead atoms. The van der Waals surface area contributed by atoms with Crippen molar-refractivity contribution < 1.29 is 23.9 Å². The van der Waals surface area contributed by atoms with Crippen LogP contribution in [-0.2, 0) is 25.5 Å². The van der Waals surface area contributed by atoms with Gasteiger partial charge < -0.3 is 14.4 Å². The molecular formula is C27H33N3O5. The molecule has 1 heterocycles. The lowest BCUT2D eigenvalue weighted by Gasteiger charge is -2.27. The summed E-state index contributed by atoms with van der Waals surface area (Å²) in [6.07, 6.45) is 9.18. The third kappa shape index (κ3) is 5.81. The van der Waals surface area contributed by atoms with E-state index in [1.165, 1.54) is 7.11 Å². The number of methoxy groups -OCH3 is 1. The number of rotatable bonds is 9. The minimum absolute atomic E-state index is 0.146. The van der Waals surface area contributed by atoms with Crippen molar-refractivity contribution in [1.82, 2.24) is 14.7 Å². The fraction of sp³-hybridized carbons (Fsp3) is 0.481. The maximum Gasteiger partial charge on any atom is 0.338 e. The molecule has 1 fully saturated rings. The third-order valence-corrected chi connectivity index (χ3v) is 6.68. The van der Waals surface area contributed by atoms with Crippen molar-refractivity contribution in [3.63, 3.8) is 0 Å². The average molecular weight is 480 g/mol. The molecule has 0 spiro atoms. The van der Waals surface area contributed by atoms with Crippen LogP contribution in [0.25, 0.3) is 5.69 Å². The van der Waals surface area contributed by atoms with Gasteiger partial charge in [-0.15, -0.1) is 0 Å². The predicted octanol–water partition coefficient (Wildman–Crippen LogP) is 4.20. The van der Waals surface area contributed by atoms with Gasteiger partial charge in [0.05, 0.1) is 24.1 Å². The second-order valence-electron chi connectivity index (χ2n) is 9.20. The van der Waals surface area contributed by atoms with Gasteiger partial charge >= 0.3 is 11.9 Å². The van der Waals surface area contributed by atoms with Gasteiger partial charge in [-0.1, -0.05) is 6.08 Å². The molecule has 1 saturated carbocycles. The van der Waals surface area contributed by atoms with Gasteiger partial charge in [0.1, 0.15) is 0 Å². The first-order valence-electron chi connectivity index (χ1n) is 12.3. The molecule has 8 nitrogen and oxygen atoms in total. The fourth-order valence-corrected chi connectivity index (χ4v) is 4.61. The number of carbonyl (C=O) groups is 3. The number of esters is 2. The molecule has 0 saturated heterocycles. The number of hydrogen-bond acceptors (Lipinski definition) is 6. The molecule has 1 aromatic heterocycles. The zero-order chi connectivity index (χ0) is 24.9. The lowest BCUT2D eigenvalue weighted by atomic mass is 10.0. The Morgan fingerprint density at radius 3 is 2.49 bits per heavy atom. The minimum Gasteiger partial charge on any atom is -0.469 e. The van der Waals surface area contributed by atoms with Gasteiger partial charge in [0.25, 0.3) is 5.91 Å². The SMILES string of the molecule is COC(=O)CCc1c(C)nn(-c2ccc(C(=O)OCC(=O)N(C3=CCCCC3)C3CC3)cc2)c1C. The average Bonchev–Trinajstić information content (AvgIpc) is 3.67. The lowest BCUT2D eigenvalue weighted by molar-refractivity contribution is -0.140. The van der Waals surface area contributed by atoms with Gasteiger partial charge in [0.15, 0.2) is 6.61 Å². The molecule has 1 amide bonds. The van der Waals surface area contributed by atoms with E-state index in [0.717, 1.165) is 66.9 Å². The summed E-state index contributed by atoms with van der Waals surface area (Å²) in [6.45, 7) is 3.61. The predicted molar refractivity (Wildman–Crippen MR) is 130 cm³/mol. The molecule has 0 aliphatic heterocycles. The molecule has 0 unspecified atom stereocenters. The molecule has 8 heteroatoms. The number of amides is 1. The van der Waals surface area contributed by atoms with E-state index < -0.39 is 5.97 Å². The van der Waals surface area contributed by atoms with Crippen LogP contribution in [0, 0.1) is 13.8 Å². The monoisotopic (exact) mass is 479 g/mol. The van der Waals surface area contributed by atoms with Crippen LogP contribution < -0.4 is 0 Å². The largest absolute Gasteiger partial charge is 0.469 e. The molecule has 2 aliphatic rings. The molecule has 186 valence electrons. The summed E-state index contributed by atoms with van der Waals surface area (Å²) >= 11 is 0. The second-order valence-corrected chi connectivity index (χ2v) is 9.20. The molecule has 2 aliphatic carbocycles. The molecular weight excluding hydrogens is 446 g/mol. The zero-order valence-corrected chi connectivity index (χ0v) is 20.7. The lowest BCUT2D eigenvalue weighted by Crippen LogP contribution is -2.36. The highest BCUT2D eigenvalue weighted by molar-refractivity contribution is 5.91. The van der Waals surface area contributed by atoms with Crippen molar-refractivity contribution in [3.05, 3.63) is 58.6 Å². The number of aromatic nitrogens is 2. The number of nitrogens with zero attached hydrogens (tertiary/aromatic N) is 3. The molecule has 0 N–H and O–H groups in total. The Kier molecular flexibility index (Phi) is 7.68. The number of benzene rings is 1. The summed E-state index contributed by atoms with van der Waals surface area (Å²) in [5.41, 5.74) is 5.05. The first-order valence-corrected chi connectivity index (χ1v) is 12.3. The van der Waals surface area contributed by atoms with E-state index in [1.807, 2.05) is 18.7 Å². The summed E-state index contributed by atoms with van der Waals surface area (Å²) in [7, 11) is 1.38. The summed E-state index contributed by atoms with van der Waals surface area (Å²) in [5, 5.41) is 4.60. The van der Waals surface area contributed by atoms with Crippen LogP contribution in [0.1, 0.15) is 72.3 Å². The van der Waals surface area contributed by atoms with E-state index in [2.05, 4.69) is 11.2 Å². The molecule has 35 heavy (non-hydrogen) atoms. The van der Waals surface area contributed by atoms with Crippen LogP contribution in [0.4, 0.5) is 0 Å². The summed E-state index contributed by atoms with van der Waals surface area (Å²) < 4.78 is 11.9. The highest BCUT2D eigenvalue weighted by Crippen LogP contribution is 2.33. The van der Waals surface area contributed by atoms with Crippen LogP contribution in [0.3, 0.4) is 0 Å². The quantitative estimate of drug-likeness (QED) is 0.501. The third-order valence-electron chi connectivity index (χ3n) is 6.68. The molecule has 1 aromatic carbocycles. The van der Waals surface area contributed by atoms with E-state index in [1.54, 1.807) is 28.9 Å². The van der Waals surface area contributed by atoms with Crippen molar-refractivity contribution >= 4 is 17.8 Å². The Morgan fingerprint density at radius 1 is 1.11 bits per heavy atom. The summed E-state index contributed by atoms with van der Waals surface area (Å²) in [5.74, 6) is -0.924. The highest BCUT2D eigenvalue weighted by atomic mass is 16.5. The number of hydrogen-bond donors (Lipinski definition) is 0. The molecule has 4 rings (SSSR count). The van der Waals surface area contributed by atoms with E-state index in [-0.39, 0.29) is 24.5 Å². The highest BCUT2D eigenvalue weighted by Gasteiger charge is 2.35. The van der Waals surface area contributed by atoms with Gasteiger partial charge in [-0.05, 0) is 88.6 Å². The van der Waals surface area contributed by atoms with Crippen LogP contribution in [-0.4, -0.2) is 52.3 Å². The number of ether oxygens (including phenoxy) is 2. The van der Waals surface area contributed by atoms with Gasteiger partial charge in [-0.3, -0.25) is 9.59 Å². The van der Waals surface area contributed by atoms with Crippen LogP contribution in [0.15, 0.2) is 36.0 Å². The smallest absolute Gasteiger partial charge is 0.338 e. The van der Waals surface area contributed by atoms with Crippen molar-refractivity contribution in [2.24, 2.45) is 0 Å². The summed E-state index contributed by atoms with van der Waals surface area (Å²) in [4.78, 5) is 38.8. The molecule has 0 radical (unpaired) electrons. The van der Waals surface area contributed by atoms with Crippen molar-refractivity contribution in [2.45, 2.75) is 71.3 Å². The second kappa shape index (κ2) is 10.9. The van der Waals surface area contributed by atoms with Crippen molar-refractivity contribution in [1.29, 1.82) is 0 Å². The molecule has 0 atom stereocenters. The Morgan fingerprint density at radius 2 is 1.86 bits per heavy atom. The standard InChI is InChI=1S/C27H33N3O5/c1-18-24(15-16-26(32)34-3)19(2)30(28-18)23-11-9-20(10-12-23)27(33)35-17-25(31)29(22-13-14-22)21-7-5-4-6-8-21/h7,9-12,22H,4-6,8,13-17H2,1-3H3. The van der Waals surface area contributed by atoms with Crippen LogP contribution in [0.5, 0.6) is 0 Å². The number of allylic oxidation sites excluding steroid dienone is 2. The van der Waals surface area contributed by atoms with E-state index in [9.17, 15) is 14.4 Å². The van der Waals surface area contributed by atoms with Gasteiger partial charge in [-0.25, -0.2) is 9.48 Å². The van der Waals surface area contributed by atoms with Crippen molar-refractivity contribution in [2.75, 3.05) is 13.7 Å². The minimum atomic E-state index is -0.523. The maximum absolute atomic E-state index is 12.9. The Labute approximate surface area is 205 Å². The van der Waals surface area contributed by atoms with Gasteiger partial charge in [0.2, 0.25) is 0 Å². The van der Waals surface area contributed by atoms with Crippen LogP contribution >= 0.6 is 0 Å². The fourth-order valence-electron chi connectivity index (χ4n) is 4.61. The van der Waals surface area contributed by atoms with Gasteiger partial charge in [0, 0.05) is 23.9 Å². The summed E-state index contributed by atoms with van der Waals surface area (Å²) in [6, 6.07) is 7.20. The Hall–Kier alpha value is -3.42. The first kappa shape index (κ1) is 24.7. The topological polar surface area (TPSA) is 90.7 Å². The van der Waals surface area contributed by atoms with E-state index >= 15 is 0 Å². The number of aryl methyl sites for hydroxylation is 1. The first-order chi connectivity index (χ1) is 16.9. The normalized spacial score (nSPS) is 15.3. The van der Waals surface area contributed by atoms with Crippen molar-refractivity contribution in [3.8, 4) is 5.69 Å². The van der Waals surface area contributed by atoms with Crippen LogP contribution in [0.2, 0.25) is 0 Å². The number of carbonyl (C=O) groups excluding carboxylic acids is 3. The van der Waals surface area contributed by atoms with E-state index in [0.29, 0.717) is 18.4 Å². The Balaban J connectivity index is 1.38. The zero-order valence-electron chi connectivity index (χ0n) is 20.7. The maximum atomic E-state index is 12.9. The van der Waals surface area contributed by atoms with Gasteiger partial charge in [-0.2, -0.15) is 5.10 Å². The molecule has 2 aromatic rings. The Bertz CT molecular complexity index is 1130. The van der Waals surface area contributed by atoms with E-state index in [4.69, 9.17) is 9.47 Å².